The minimum atomic E-state index is 0.0546. The molecule has 0 saturated carbocycles. The van der Waals surface area contributed by atoms with Gasteiger partial charge in [0, 0.05) is 18.5 Å². The zero-order valence-corrected chi connectivity index (χ0v) is 10.5. The van der Waals surface area contributed by atoms with E-state index in [1.807, 2.05) is 29.2 Å². The summed E-state index contributed by atoms with van der Waals surface area (Å²) in [4.78, 5) is 14.4. The largest absolute Gasteiger partial charge is 0.337 e. The van der Waals surface area contributed by atoms with Gasteiger partial charge in [0.25, 0.3) is 5.91 Å². The van der Waals surface area contributed by atoms with E-state index in [2.05, 4.69) is 17.1 Å². The number of aromatic nitrogens is 2. The molecule has 1 aliphatic rings. The highest BCUT2D eigenvalue weighted by Gasteiger charge is 2.24. The van der Waals surface area contributed by atoms with E-state index in [0.29, 0.717) is 11.6 Å². The van der Waals surface area contributed by atoms with Crippen molar-refractivity contribution in [3.63, 3.8) is 0 Å². The van der Waals surface area contributed by atoms with E-state index < -0.39 is 0 Å². The zero-order chi connectivity index (χ0) is 12.5. The van der Waals surface area contributed by atoms with Crippen LogP contribution in [0.1, 0.15) is 30.3 Å². The van der Waals surface area contributed by atoms with Crippen LogP contribution in [-0.2, 0) is 0 Å². The van der Waals surface area contributed by atoms with Gasteiger partial charge in [-0.05, 0) is 24.8 Å². The molecule has 1 aliphatic heterocycles. The molecular formula is C14H17N3O. The Hall–Kier alpha value is -1.84. The molecule has 1 N–H and O–H groups in total. The molecule has 4 heteroatoms. The maximum atomic E-state index is 12.5. The van der Waals surface area contributed by atoms with Gasteiger partial charge in [-0.1, -0.05) is 25.1 Å². The van der Waals surface area contributed by atoms with E-state index in [4.69, 9.17) is 0 Å². The Morgan fingerprint density at radius 3 is 3.11 bits per heavy atom. The number of nitrogens with one attached hydrogen (secondary N) is 1. The second kappa shape index (κ2) is 4.44. The molecule has 0 bridgehead atoms. The number of likely N-dealkylation sites (tertiary alicyclic amines) is 1. The summed E-state index contributed by atoms with van der Waals surface area (Å²) < 4.78 is 0. The average molecular weight is 243 g/mol. The number of para-hydroxylation sites is 1. The second-order valence-electron chi connectivity index (χ2n) is 5.12. The molecule has 94 valence electrons. The van der Waals surface area contributed by atoms with Crippen LogP contribution in [0.4, 0.5) is 0 Å². The second-order valence-corrected chi connectivity index (χ2v) is 5.12. The summed E-state index contributed by atoms with van der Waals surface area (Å²) in [5.74, 6) is 0.645. The van der Waals surface area contributed by atoms with Crippen LogP contribution in [0.25, 0.3) is 10.9 Å². The first-order valence-corrected chi connectivity index (χ1v) is 6.48. The van der Waals surface area contributed by atoms with Crippen LogP contribution in [-0.4, -0.2) is 34.1 Å². The number of benzene rings is 1. The molecule has 1 fully saturated rings. The Bertz CT molecular complexity index is 575. The smallest absolute Gasteiger partial charge is 0.275 e. The minimum Gasteiger partial charge on any atom is -0.337 e. The van der Waals surface area contributed by atoms with E-state index in [1.165, 1.54) is 6.42 Å². The Balaban J connectivity index is 1.92. The van der Waals surface area contributed by atoms with Crippen molar-refractivity contribution < 1.29 is 4.79 Å². The van der Waals surface area contributed by atoms with E-state index in [-0.39, 0.29) is 5.91 Å². The van der Waals surface area contributed by atoms with Crippen molar-refractivity contribution in [3.05, 3.63) is 30.0 Å². The highest BCUT2D eigenvalue weighted by molar-refractivity contribution is 6.04. The number of nitrogens with zero attached hydrogens (tertiary/aromatic N) is 2. The van der Waals surface area contributed by atoms with Gasteiger partial charge in [-0.2, -0.15) is 5.10 Å². The van der Waals surface area contributed by atoms with Gasteiger partial charge in [-0.25, -0.2) is 0 Å². The van der Waals surface area contributed by atoms with E-state index in [9.17, 15) is 4.79 Å². The molecule has 1 saturated heterocycles. The first kappa shape index (κ1) is 11.3. The predicted octanol–water partition coefficient (Wildman–Crippen LogP) is 2.44. The van der Waals surface area contributed by atoms with Crippen molar-refractivity contribution in [1.29, 1.82) is 0 Å². The van der Waals surface area contributed by atoms with Crippen LogP contribution in [0.2, 0.25) is 0 Å². The highest BCUT2D eigenvalue weighted by atomic mass is 16.2. The van der Waals surface area contributed by atoms with Crippen LogP contribution < -0.4 is 0 Å². The number of H-pyrrole nitrogens is 1. The lowest BCUT2D eigenvalue weighted by molar-refractivity contribution is 0.0679. The molecule has 1 aromatic carbocycles. The third-order valence-corrected chi connectivity index (χ3v) is 3.62. The maximum absolute atomic E-state index is 12.5. The van der Waals surface area contributed by atoms with Gasteiger partial charge in [-0.3, -0.25) is 9.89 Å². The number of hydrogen-bond acceptors (Lipinski definition) is 2. The normalized spacial score (nSPS) is 20.3. The van der Waals surface area contributed by atoms with Gasteiger partial charge in [-0.15, -0.1) is 0 Å². The third kappa shape index (κ3) is 1.88. The van der Waals surface area contributed by atoms with Gasteiger partial charge in [0.1, 0.15) is 0 Å². The van der Waals surface area contributed by atoms with E-state index in [0.717, 1.165) is 30.4 Å². The summed E-state index contributed by atoms with van der Waals surface area (Å²) in [6.07, 6.45) is 2.31. The van der Waals surface area contributed by atoms with Gasteiger partial charge < -0.3 is 4.90 Å². The quantitative estimate of drug-likeness (QED) is 0.836. The summed E-state index contributed by atoms with van der Waals surface area (Å²) in [7, 11) is 0. The molecule has 4 nitrogen and oxygen atoms in total. The average Bonchev–Trinajstić information content (AvgIpc) is 2.82. The molecule has 0 aliphatic carbocycles. The summed E-state index contributed by atoms with van der Waals surface area (Å²) in [6.45, 7) is 3.90. The fourth-order valence-corrected chi connectivity index (χ4v) is 2.65. The molecular weight excluding hydrogens is 226 g/mol. The Morgan fingerprint density at radius 1 is 1.44 bits per heavy atom. The standard InChI is InChI=1S/C14H17N3O/c1-10-5-4-8-17(9-10)14(18)13-11-6-2-3-7-12(11)15-16-13/h2-3,6-7,10H,4-5,8-9H2,1H3,(H,15,16). The first-order chi connectivity index (χ1) is 8.75. The first-order valence-electron chi connectivity index (χ1n) is 6.48. The SMILES string of the molecule is CC1CCCN(C(=O)c2n[nH]c3ccccc23)C1. The molecule has 1 amide bonds. The lowest BCUT2D eigenvalue weighted by Gasteiger charge is -2.30. The Labute approximate surface area is 106 Å². The number of amides is 1. The summed E-state index contributed by atoms with van der Waals surface area (Å²) >= 11 is 0. The fourth-order valence-electron chi connectivity index (χ4n) is 2.65. The van der Waals surface area contributed by atoms with Crippen molar-refractivity contribution in [3.8, 4) is 0 Å². The summed E-state index contributed by atoms with van der Waals surface area (Å²) in [5, 5.41) is 8.02. The number of fused-ring (bicyclic) bond motifs is 1. The van der Waals surface area contributed by atoms with Crippen LogP contribution in [0.5, 0.6) is 0 Å². The van der Waals surface area contributed by atoms with E-state index >= 15 is 0 Å². The van der Waals surface area contributed by atoms with Crippen molar-refractivity contribution in [2.45, 2.75) is 19.8 Å². The van der Waals surface area contributed by atoms with E-state index in [1.54, 1.807) is 0 Å². The molecule has 1 aromatic heterocycles. The number of hydrogen-bond donors (Lipinski definition) is 1. The van der Waals surface area contributed by atoms with Gasteiger partial charge in [0.05, 0.1) is 5.52 Å². The Morgan fingerprint density at radius 2 is 2.28 bits per heavy atom. The topological polar surface area (TPSA) is 49.0 Å². The molecule has 1 atom stereocenters. The number of rotatable bonds is 1. The predicted molar refractivity (Wildman–Crippen MR) is 70.4 cm³/mol. The molecule has 2 heterocycles. The number of piperidine rings is 1. The third-order valence-electron chi connectivity index (χ3n) is 3.62. The monoisotopic (exact) mass is 243 g/mol. The van der Waals surface area contributed by atoms with Crippen molar-refractivity contribution in [1.82, 2.24) is 15.1 Å². The zero-order valence-electron chi connectivity index (χ0n) is 10.5. The minimum absolute atomic E-state index is 0.0546. The maximum Gasteiger partial charge on any atom is 0.275 e. The summed E-state index contributed by atoms with van der Waals surface area (Å²) in [6, 6.07) is 7.77. The van der Waals surface area contributed by atoms with Crippen molar-refractivity contribution in [2.24, 2.45) is 5.92 Å². The molecule has 0 spiro atoms. The molecule has 18 heavy (non-hydrogen) atoms. The van der Waals surface area contributed by atoms with Crippen molar-refractivity contribution in [2.75, 3.05) is 13.1 Å². The molecule has 3 rings (SSSR count). The van der Waals surface area contributed by atoms with Crippen LogP contribution >= 0.6 is 0 Å². The highest BCUT2D eigenvalue weighted by Crippen LogP contribution is 2.21. The lowest BCUT2D eigenvalue weighted by atomic mass is 10.00. The van der Waals surface area contributed by atoms with Crippen LogP contribution in [0.3, 0.4) is 0 Å². The van der Waals surface area contributed by atoms with Crippen molar-refractivity contribution >= 4 is 16.8 Å². The van der Waals surface area contributed by atoms with Gasteiger partial charge >= 0.3 is 0 Å². The molecule has 2 aromatic rings. The lowest BCUT2D eigenvalue weighted by Crippen LogP contribution is -2.39. The molecule has 0 radical (unpaired) electrons. The van der Waals surface area contributed by atoms with Gasteiger partial charge in [0.15, 0.2) is 5.69 Å². The Kier molecular flexibility index (Phi) is 2.78. The fraction of sp³-hybridized carbons (Fsp3) is 0.429. The number of carbonyl (C=O) groups is 1. The van der Waals surface area contributed by atoms with Gasteiger partial charge in [0.2, 0.25) is 0 Å². The number of aromatic amines is 1. The molecule has 1 unspecified atom stereocenters. The number of carbonyl (C=O) groups excluding carboxylic acids is 1. The van der Waals surface area contributed by atoms with Crippen LogP contribution in [0.15, 0.2) is 24.3 Å². The van der Waals surface area contributed by atoms with Crippen LogP contribution in [0, 0.1) is 5.92 Å². The summed E-state index contributed by atoms with van der Waals surface area (Å²) in [5.41, 5.74) is 1.48.